The molecule has 0 atom stereocenters. The van der Waals surface area contributed by atoms with Crippen LogP contribution in [0.4, 0.5) is 22.9 Å². The molecule has 0 saturated carbocycles. The smallest absolute Gasteiger partial charge is 0.253 e. The number of benzene rings is 2. The van der Waals surface area contributed by atoms with E-state index in [0.29, 0.717) is 22.4 Å². The van der Waals surface area contributed by atoms with Crippen molar-refractivity contribution < 1.29 is 14.6 Å². The molecule has 0 bridgehead atoms. The average Bonchev–Trinajstić information content (AvgIpc) is 3.15. The van der Waals surface area contributed by atoms with Crippen LogP contribution in [-0.4, -0.2) is 34.9 Å². The van der Waals surface area contributed by atoms with E-state index in [4.69, 9.17) is 4.74 Å². The first-order valence-corrected chi connectivity index (χ1v) is 9.35. The molecule has 0 unspecified atom stereocenters. The Kier molecular flexibility index (Phi) is 5.37. The Morgan fingerprint density at radius 2 is 1.94 bits per heavy atom. The standard InChI is InChI=1S/C21H19N5O5/c1-31-10-16(28)24-21-14-8-12(5-6-15(14)25-26-21)23-18-17(19(29)20(18)30)22-9-11-3-2-4-13(27)7-11/h2-8,22-23,27H,9-10H2,1H3,(H2,24,25,26,28). The number of fused-ring (bicyclic) bond motifs is 1. The summed E-state index contributed by atoms with van der Waals surface area (Å²) in [5.41, 5.74) is 1.08. The van der Waals surface area contributed by atoms with E-state index in [1.54, 1.807) is 42.5 Å². The van der Waals surface area contributed by atoms with Gasteiger partial charge in [-0.2, -0.15) is 5.10 Å². The van der Waals surface area contributed by atoms with Gasteiger partial charge in [-0.3, -0.25) is 19.5 Å². The van der Waals surface area contributed by atoms with E-state index in [1.165, 1.54) is 7.11 Å². The number of nitrogens with zero attached hydrogens (tertiary/aromatic N) is 1. The lowest BCUT2D eigenvalue weighted by Crippen LogP contribution is -2.36. The number of hydrogen-bond donors (Lipinski definition) is 5. The fourth-order valence-corrected chi connectivity index (χ4v) is 3.17. The summed E-state index contributed by atoms with van der Waals surface area (Å²) < 4.78 is 4.80. The molecule has 0 radical (unpaired) electrons. The number of phenols is 1. The van der Waals surface area contributed by atoms with Gasteiger partial charge >= 0.3 is 0 Å². The summed E-state index contributed by atoms with van der Waals surface area (Å²) >= 11 is 0. The highest BCUT2D eigenvalue weighted by Crippen LogP contribution is 2.27. The molecular formula is C21H19N5O5. The fraction of sp³-hybridized carbons (Fsp3) is 0.143. The maximum atomic E-state index is 12.1. The van der Waals surface area contributed by atoms with Crippen molar-refractivity contribution in [2.24, 2.45) is 0 Å². The Morgan fingerprint density at radius 1 is 1.13 bits per heavy atom. The Bertz CT molecular complexity index is 1340. The molecule has 0 saturated heterocycles. The largest absolute Gasteiger partial charge is 0.508 e. The lowest BCUT2D eigenvalue weighted by molar-refractivity contribution is -0.119. The van der Waals surface area contributed by atoms with E-state index < -0.39 is 10.9 Å². The molecule has 0 aliphatic rings. The van der Waals surface area contributed by atoms with Gasteiger partial charge in [0, 0.05) is 24.7 Å². The predicted octanol–water partition coefficient (Wildman–Crippen LogP) is 1.81. The van der Waals surface area contributed by atoms with E-state index in [0.717, 1.165) is 5.56 Å². The van der Waals surface area contributed by atoms with E-state index in [9.17, 15) is 19.5 Å². The molecule has 0 aliphatic heterocycles. The molecule has 3 aromatic carbocycles. The Labute approximate surface area is 175 Å². The van der Waals surface area contributed by atoms with Crippen LogP contribution in [0.15, 0.2) is 52.1 Å². The van der Waals surface area contributed by atoms with Gasteiger partial charge in [0.2, 0.25) is 0 Å². The number of carbonyl (C=O) groups excluding carboxylic acids is 1. The molecule has 0 spiro atoms. The average molecular weight is 421 g/mol. The van der Waals surface area contributed by atoms with Gasteiger partial charge in [0.25, 0.3) is 16.8 Å². The number of aromatic hydroxyl groups is 1. The molecule has 1 heterocycles. The third-order valence-corrected chi connectivity index (χ3v) is 4.66. The highest BCUT2D eigenvalue weighted by Gasteiger charge is 2.21. The lowest BCUT2D eigenvalue weighted by Gasteiger charge is -2.15. The van der Waals surface area contributed by atoms with Crippen molar-refractivity contribution >= 4 is 39.7 Å². The molecule has 4 aromatic rings. The van der Waals surface area contributed by atoms with Crippen LogP contribution in [0.2, 0.25) is 0 Å². The number of nitrogens with one attached hydrogen (secondary N) is 4. The van der Waals surface area contributed by atoms with Gasteiger partial charge < -0.3 is 25.8 Å². The summed E-state index contributed by atoms with van der Waals surface area (Å²) in [5, 5.41) is 25.6. The van der Waals surface area contributed by atoms with Crippen molar-refractivity contribution in [1.82, 2.24) is 10.2 Å². The van der Waals surface area contributed by atoms with Gasteiger partial charge in [-0.25, -0.2) is 0 Å². The van der Waals surface area contributed by atoms with Gasteiger partial charge in [-0.05, 0) is 35.9 Å². The molecule has 158 valence electrons. The highest BCUT2D eigenvalue weighted by molar-refractivity contribution is 6.01. The number of anilines is 4. The van der Waals surface area contributed by atoms with Crippen molar-refractivity contribution in [2.75, 3.05) is 29.7 Å². The van der Waals surface area contributed by atoms with Gasteiger partial charge in [0.05, 0.1) is 5.52 Å². The monoisotopic (exact) mass is 421 g/mol. The molecule has 10 nitrogen and oxygen atoms in total. The summed E-state index contributed by atoms with van der Waals surface area (Å²) in [7, 11) is 1.42. The first kappa shape index (κ1) is 20.1. The fourth-order valence-electron chi connectivity index (χ4n) is 3.17. The molecule has 1 amide bonds. The van der Waals surface area contributed by atoms with Gasteiger partial charge in [0.15, 0.2) is 5.82 Å². The van der Waals surface area contributed by atoms with Crippen molar-refractivity contribution in [3.8, 4) is 5.75 Å². The number of aromatic amines is 1. The predicted molar refractivity (Wildman–Crippen MR) is 117 cm³/mol. The summed E-state index contributed by atoms with van der Waals surface area (Å²) in [6.45, 7) is 0.161. The summed E-state index contributed by atoms with van der Waals surface area (Å²) in [4.78, 5) is 35.9. The van der Waals surface area contributed by atoms with E-state index in [-0.39, 0.29) is 36.2 Å². The molecule has 31 heavy (non-hydrogen) atoms. The molecule has 0 aliphatic carbocycles. The van der Waals surface area contributed by atoms with Crippen LogP contribution in [0.3, 0.4) is 0 Å². The SMILES string of the molecule is COCC(=O)Nc1n[nH]c2ccc(Nc3c(NCc4cccc(O)c4)c(=O)c3=O)cc12. The van der Waals surface area contributed by atoms with Crippen LogP contribution >= 0.6 is 0 Å². The van der Waals surface area contributed by atoms with Crippen LogP contribution in [0.1, 0.15) is 5.56 Å². The second-order valence-electron chi connectivity index (χ2n) is 6.87. The number of aromatic nitrogens is 2. The minimum atomic E-state index is -0.626. The molecule has 10 heteroatoms. The summed E-state index contributed by atoms with van der Waals surface area (Å²) in [6.07, 6.45) is 0. The number of H-pyrrole nitrogens is 1. The third kappa shape index (κ3) is 4.09. The van der Waals surface area contributed by atoms with Crippen LogP contribution in [-0.2, 0) is 16.1 Å². The van der Waals surface area contributed by atoms with Crippen LogP contribution in [0.5, 0.6) is 5.75 Å². The second kappa shape index (κ2) is 8.28. The van der Waals surface area contributed by atoms with Crippen molar-refractivity contribution in [3.05, 3.63) is 68.5 Å². The number of methoxy groups -OCH3 is 1. The Balaban J connectivity index is 1.54. The maximum Gasteiger partial charge on any atom is 0.253 e. The normalized spacial score (nSPS) is 11.0. The van der Waals surface area contributed by atoms with Crippen molar-refractivity contribution in [2.45, 2.75) is 6.54 Å². The van der Waals surface area contributed by atoms with Crippen LogP contribution < -0.4 is 26.8 Å². The lowest BCUT2D eigenvalue weighted by atomic mass is 10.1. The van der Waals surface area contributed by atoms with Gasteiger partial charge in [-0.15, -0.1) is 0 Å². The zero-order valence-corrected chi connectivity index (χ0v) is 16.5. The Morgan fingerprint density at radius 3 is 2.71 bits per heavy atom. The quantitative estimate of drug-likeness (QED) is 0.271. The maximum absolute atomic E-state index is 12.1. The van der Waals surface area contributed by atoms with Crippen molar-refractivity contribution in [1.29, 1.82) is 0 Å². The minimum absolute atomic E-state index is 0.107. The zero-order chi connectivity index (χ0) is 22.0. The molecule has 5 N–H and O–H groups in total. The minimum Gasteiger partial charge on any atom is -0.508 e. The number of carbonyl (C=O) groups is 1. The number of phenolic OH excluding ortho intramolecular Hbond substituents is 1. The number of hydrogen-bond acceptors (Lipinski definition) is 8. The third-order valence-electron chi connectivity index (χ3n) is 4.66. The molecule has 4 rings (SSSR count). The first-order valence-electron chi connectivity index (χ1n) is 9.35. The second-order valence-corrected chi connectivity index (χ2v) is 6.87. The summed E-state index contributed by atoms with van der Waals surface area (Å²) in [6, 6.07) is 11.8. The highest BCUT2D eigenvalue weighted by atomic mass is 16.5. The Hall–Kier alpha value is -4.18. The van der Waals surface area contributed by atoms with Crippen LogP contribution in [0, 0.1) is 0 Å². The first-order chi connectivity index (χ1) is 15.0. The molecule has 0 fully saturated rings. The number of amides is 1. The molecule has 1 aromatic heterocycles. The topological polar surface area (TPSA) is 145 Å². The van der Waals surface area contributed by atoms with Crippen molar-refractivity contribution in [3.63, 3.8) is 0 Å². The number of ether oxygens (including phenoxy) is 1. The molecular weight excluding hydrogens is 402 g/mol. The van der Waals surface area contributed by atoms with Crippen LogP contribution in [0.25, 0.3) is 10.9 Å². The number of rotatable bonds is 8. The van der Waals surface area contributed by atoms with E-state index >= 15 is 0 Å². The zero-order valence-electron chi connectivity index (χ0n) is 16.5. The van der Waals surface area contributed by atoms with Gasteiger partial charge in [-0.1, -0.05) is 12.1 Å². The van der Waals surface area contributed by atoms with E-state index in [2.05, 4.69) is 26.1 Å². The summed E-state index contributed by atoms with van der Waals surface area (Å²) in [5.74, 6) is 0.0903. The van der Waals surface area contributed by atoms with Gasteiger partial charge in [0.1, 0.15) is 23.7 Å². The van der Waals surface area contributed by atoms with E-state index in [1.807, 2.05) is 0 Å².